The number of methoxy groups -OCH3 is 1. The third kappa shape index (κ3) is 2.70. The molecule has 0 radical (unpaired) electrons. The van der Waals surface area contributed by atoms with Gasteiger partial charge in [0, 0.05) is 24.0 Å². The number of para-hydroxylation sites is 1. The second-order valence-corrected chi connectivity index (χ2v) is 8.22. The normalized spacial score (nSPS) is 21.0. The van der Waals surface area contributed by atoms with Crippen LogP contribution in [-0.4, -0.2) is 53.3 Å². The average Bonchev–Trinajstić information content (AvgIpc) is 3.16. The first-order chi connectivity index (χ1) is 14.5. The number of nitrogens with one attached hydrogen (secondary N) is 1. The zero-order valence-corrected chi connectivity index (χ0v) is 17.3. The van der Waals surface area contributed by atoms with Crippen LogP contribution in [0.1, 0.15) is 23.7 Å². The monoisotopic (exact) mass is 403 g/mol. The number of hydrogen-bond acceptors (Lipinski definition) is 3. The van der Waals surface area contributed by atoms with E-state index in [1.807, 2.05) is 49.4 Å². The molecular weight excluding hydrogens is 378 g/mol. The van der Waals surface area contributed by atoms with Crippen LogP contribution < -0.4 is 4.74 Å². The molecule has 5 rings (SSSR count). The first kappa shape index (κ1) is 18.7. The SMILES string of the molecule is COc1ccc(CCN2CC(=O)N3CCc4c([nH]c5ccccc45)[C@@]3(C)C2=O)cc1. The summed E-state index contributed by atoms with van der Waals surface area (Å²) in [6.07, 6.45) is 1.46. The molecule has 2 aromatic carbocycles. The van der Waals surface area contributed by atoms with Crippen molar-refractivity contribution >= 4 is 22.7 Å². The highest BCUT2D eigenvalue weighted by Crippen LogP contribution is 2.41. The quantitative estimate of drug-likeness (QED) is 0.729. The van der Waals surface area contributed by atoms with Gasteiger partial charge in [-0.1, -0.05) is 30.3 Å². The maximum Gasteiger partial charge on any atom is 0.254 e. The molecule has 1 fully saturated rings. The van der Waals surface area contributed by atoms with Crippen molar-refractivity contribution < 1.29 is 14.3 Å². The molecule has 3 aromatic rings. The van der Waals surface area contributed by atoms with E-state index < -0.39 is 5.54 Å². The minimum Gasteiger partial charge on any atom is -0.497 e. The summed E-state index contributed by atoms with van der Waals surface area (Å²) in [6.45, 7) is 3.11. The van der Waals surface area contributed by atoms with Crippen LogP contribution in [0.2, 0.25) is 0 Å². The van der Waals surface area contributed by atoms with Gasteiger partial charge < -0.3 is 19.5 Å². The number of carbonyl (C=O) groups is 2. The minimum absolute atomic E-state index is 0.0103. The highest BCUT2D eigenvalue weighted by Gasteiger charge is 2.53. The zero-order valence-electron chi connectivity index (χ0n) is 17.3. The zero-order chi connectivity index (χ0) is 20.9. The molecule has 0 unspecified atom stereocenters. The summed E-state index contributed by atoms with van der Waals surface area (Å²) in [5, 5.41) is 1.14. The van der Waals surface area contributed by atoms with Crippen molar-refractivity contribution in [3.8, 4) is 5.75 Å². The Morgan fingerprint density at radius 1 is 1.10 bits per heavy atom. The number of benzene rings is 2. The fraction of sp³-hybridized carbons (Fsp3) is 0.333. The Balaban J connectivity index is 1.46. The smallest absolute Gasteiger partial charge is 0.254 e. The molecule has 154 valence electrons. The van der Waals surface area contributed by atoms with Crippen LogP contribution in [0.25, 0.3) is 10.9 Å². The van der Waals surface area contributed by atoms with Gasteiger partial charge >= 0.3 is 0 Å². The molecular formula is C24H25N3O3. The lowest BCUT2D eigenvalue weighted by atomic mass is 9.83. The number of aromatic nitrogens is 1. The van der Waals surface area contributed by atoms with Crippen LogP contribution in [0.5, 0.6) is 5.75 Å². The summed E-state index contributed by atoms with van der Waals surface area (Å²) in [5.74, 6) is 0.805. The molecule has 30 heavy (non-hydrogen) atoms. The van der Waals surface area contributed by atoms with Crippen molar-refractivity contribution in [1.29, 1.82) is 0 Å². The highest BCUT2D eigenvalue weighted by molar-refractivity contribution is 6.00. The van der Waals surface area contributed by atoms with Crippen molar-refractivity contribution in [3.05, 3.63) is 65.4 Å². The van der Waals surface area contributed by atoms with Crippen LogP contribution in [0.4, 0.5) is 0 Å². The summed E-state index contributed by atoms with van der Waals surface area (Å²) < 4.78 is 5.21. The predicted molar refractivity (Wildman–Crippen MR) is 114 cm³/mol. The third-order valence-corrected chi connectivity index (χ3v) is 6.59. The second kappa shape index (κ2) is 6.90. The fourth-order valence-electron chi connectivity index (χ4n) is 4.92. The van der Waals surface area contributed by atoms with Gasteiger partial charge in [-0.3, -0.25) is 9.59 Å². The molecule has 1 aromatic heterocycles. The molecule has 3 heterocycles. The number of piperazine rings is 1. The predicted octanol–water partition coefficient (Wildman–Crippen LogP) is 2.86. The summed E-state index contributed by atoms with van der Waals surface area (Å²) >= 11 is 0. The van der Waals surface area contributed by atoms with Crippen LogP contribution in [0.15, 0.2) is 48.5 Å². The van der Waals surface area contributed by atoms with Crippen molar-refractivity contribution in [2.24, 2.45) is 0 Å². The van der Waals surface area contributed by atoms with Gasteiger partial charge in [0.05, 0.1) is 19.3 Å². The highest BCUT2D eigenvalue weighted by atomic mass is 16.5. The van der Waals surface area contributed by atoms with E-state index in [2.05, 4.69) is 11.1 Å². The Kier molecular flexibility index (Phi) is 4.31. The van der Waals surface area contributed by atoms with Gasteiger partial charge in [0.1, 0.15) is 5.75 Å². The van der Waals surface area contributed by atoms with Gasteiger partial charge in [-0.05, 0) is 49.1 Å². The molecule has 2 amide bonds. The molecule has 6 nitrogen and oxygen atoms in total. The first-order valence-electron chi connectivity index (χ1n) is 10.3. The standard InChI is InChI=1S/C24H25N3O3/c1-24-22-19(18-5-3-4-6-20(18)25-22)12-14-27(24)21(28)15-26(23(24)29)13-11-16-7-9-17(30-2)10-8-16/h3-10,25H,11-15H2,1-2H3/t24-/m0/s1. The van der Waals surface area contributed by atoms with E-state index in [0.29, 0.717) is 19.5 Å². The number of hydrogen-bond donors (Lipinski definition) is 1. The van der Waals surface area contributed by atoms with Crippen LogP contribution in [0.3, 0.4) is 0 Å². The first-order valence-corrected chi connectivity index (χ1v) is 10.3. The Morgan fingerprint density at radius 3 is 2.63 bits per heavy atom. The third-order valence-electron chi connectivity index (χ3n) is 6.59. The van der Waals surface area contributed by atoms with Gasteiger partial charge in [-0.2, -0.15) is 0 Å². The molecule has 0 spiro atoms. The van der Waals surface area contributed by atoms with Crippen LogP contribution in [-0.2, 0) is 28.0 Å². The Morgan fingerprint density at radius 2 is 1.87 bits per heavy atom. The van der Waals surface area contributed by atoms with Crippen LogP contribution >= 0.6 is 0 Å². The number of nitrogens with zero attached hydrogens (tertiary/aromatic N) is 2. The van der Waals surface area contributed by atoms with E-state index in [9.17, 15) is 9.59 Å². The Labute approximate surface area is 175 Å². The minimum atomic E-state index is -0.984. The van der Waals surface area contributed by atoms with E-state index >= 15 is 0 Å². The Hall–Kier alpha value is -3.28. The molecule has 1 saturated heterocycles. The summed E-state index contributed by atoms with van der Waals surface area (Å²) in [7, 11) is 1.64. The fourth-order valence-corrected chi connectivity index (χ4v) is 4.92. The number of amides is 2. The molecule has 6 heteroatoms. The number of rotatable bonds is 4. The molecule has 0 bridgehead atoms. The van der Waals surface area contributed by atoms with Gasteiger partial charge in [0.2, 0.25) is 5.91 Å². The van der Waals surface area contributed by atoms with Gasteiger partial charge in [0.15, 0.2) is 5.54 Å². The summed E-state index contributed by atoms with van der Waals surface area (Å²) in [6, 6.07) is 15.9. The van der Waals surface area contributed by atoms with Gasteiger partial charge in [-0.15, -0.1) is 0 Å². The maximum atomic E-state index is 13.7. The lowest BCUT2D eigenvalue weighted by molar-refractivity contribution is -0.165. The molecule has 0 saturated carbocycles. The summed E-state index contributed by atoms with van der Waals surface area (Å²) in [5.41, 5.74) is 3.16. The van der Waals surface area contributed by atoms with Crippen molar-refractivity contribution in [2.75, 3.05) is 26.7 Å². The van der Waals surface area contributed by atoms with Crippen molar-refractivity contribution in [2.45, 2.75) is 25.3 Å². The van der Waals surface area contributed by atoms with E-state index in [-0.39, 0.29) is 18.4 Å². The number of aromatic amines is 1. The number of carbonyl (C=O) groups excluding carboxylic acids is 2. The van der Waals surface area contributed by atoms with Crippen LogP contribution in [0, 0.1) is 0 Å². The van der Waals surface area contributed by atoms with E-state index in [1.165, 1.54) is 0 Å². The number of fused-ring (bicyclic) bond motifs is 5. The molecule has 1 atom stereocenters. The molecule has 2 aliphatic heterocycles. The topological polar surface area (TPSA) is 65.6 Å². The summed E-state index contributed by atoms with van der Waals surface area (Å²) in [4.78, 5) is 33.6. The molecule has 1 N–H and O–H groups in total. The lowest BCUT2D eigenvalue weighted by Crippen LogP contribution is -2.67. The molecule has 2 aliphatic rings. The second-order valence-electron chi connectivity index (χ2n) is 8.22. The van der Waals surface area contributed by atoms with Crippen molar-refractivity contribution in [3.63, 3.8) is 0 Å². The number of H-pyrrole nitrogens is 1. The average molecular weight is 403 g/mol. The number of ether oxygens (including phenoxy) is 1. The van der Waals surface area contributed by atoms with Gasteiger partial charge in [-0.25, -0.2) is 0 Å². The van der Waals surface area contributed by atoms with Crippen molar-refractivity contribution in [1.82, 2.24) is 14.8 Å². The van der Waals surface area contributed by atoms with E-state index in [0.717, 1.165) is 39.9 Å². The lowest BCUT2D eigenvalue weighted by Gasteiger charge is -2.49. The maximum absolute atomic E-state index is 13.7. The Bertz CT molecular complexity index is 1130. The van der Waals surface area contributed by atoms with E-state index in [4.69, 9.17) is 4.74 Å². The molecule has 0 aliphatic carbocycles. The van der Waals surface area contributed by atoms with Gasteiger partial charge in [0.25, 0.3) is 5.91 Å². The van der Waals surface area contributed by atoms with E-state index in [1.54, 1.807) is 16.9 Å². The largest absolute Gasteiger partial charge is 0.497 e.